The predicted molar refractivity (Wildman–Crippen MR) is 71.1 cm³/mol. The highest BCUT2D eigenvalue weighted by atomic mass is 16.6. The molecular formula is C13H23BO4. The third-order valence-electron chi connectivity index (χ3n) is 2.85. The molecule has 4 nitrogen and oxygen atoms in total. The summed E-state index contributed by atoms with van der Waals surface area (Å²) in [4.78, 5) is 10.9. The monoisotopic (exact) mass is 254 g/mol. The van der Waals surface area contributed by atoms with Crippen LogP contribution in [0.1, 0.15) is 46.5 Å². The lowest BCUT2D eigenvalue weighted by atomic mass is 9.82. The first-order chi connectivity index (χ1) is 8.43. The molecular weight excluding hydrogens is 231 g/mol. The molecule has 0 aliphatic carbocycles. The zero-order chi connectivity index (χ0) is 13.6. The summed E-state index contributed by atoms with van der Waals surface area (Å²) in [5.41, 5.74) is -0.140. The predicted octanol–water partition coefficient (Wildman–Crippen LogP) is 2.52. The van der Waals surface area contributed by atoms with Gasteiger partial charge in [0.25, 0.3) is 0 Å². The molecule has 1 fully saturated rings. The van der Waals surface area contributed by atoms with E-state index in [9.17, 15) is 4.79 Å². The van der Waals surface area contributed by atoms with E-state index < -0.39 is 0 Å². The second-order valence-corrected chi connectivity index (χ2v) is 5.29. The van der Waals surface area contributed by atoms with Gasteiger partial charge in [-0.3, -0.25) is 4.79 Å². The van der Waals surface area contributed by atoms with E-state index in [4.69, 9.17) is 9.31 Å². The van der Waals surface area contributed by atoms with Gasteiger partial charge in [-0.2, -0.15) is 0 Å². The Hall–Kier alpha value is -0.805. The Bertz CT molecular complexity index is 301. The normalized spacial score (nSPS) is 23.3. The summed E-state index contributed by atoms with van der Waals surface area (Å²) in [6.45, 7) is 6.20. The molecule has 5 heteroatoms. The minimum Gasteiger partial charge on any atom is -0.469 e. The first-order valence-corrected chi connectivity index (χ1v) is 6.50. The van der Waals surface area contributed by atoms with E-state index in [1.54, 1.807) is 0 Å². The van der Waals surface area contributed by atoms with Crippen molar-refractivity contribution in [1.82, 2.24) is 0 Å². The molecule has 1 saturated heterocycles. The Labute approximate surface area is 110 Å². The summed E-state index contributed by atoms with van der Waals surface area (Å²) in [7, 11) is 1.13. The molecule has 1 heterocycles. The summed E-state index contributed by atoms with van der Waals surface area (Å²) < 4.78 is 16.0. The van der Waals surface area contributed by atoms with Crippen LogP contribution in [0.25, 0.3) is 0 Å². The van der Waals surface area contributed by atoms with E-state index in [-0.39, 0.29) is 24.8 Å². The third kappa shape index (κ3) is 5.69. The number of rotatable bonds is 5. The van der Waals surface area contributed by atoms with E-state index in [1.807, 2.05) is 12.1 Å². The number of carbonyl (C=O) groups excluding carboxylic acids is 1. The zero-order valence-corrected chi connectivity index (χ0v) is 11.8. The number of hydrogen-bond donors (Lipinski definition) is 0. The summed E-state index contributed by atoms with van der Waals surface area (Å²) in [5.74, 6) is 1.76. The first-order valence-electron chi connectivity index (χ1n) is 6.50. The van der Waals surface area contributed by atoms with Crippen molar-refractivity contribution in [1.29, 1.82) is 0 Å². The fraction of sp³-hybridized carbons (Fsp3) is 0.769. The van der Waals surface area contributed by atoms with Gasteiger partial charge in [-0.25, -0.2) is 0 Å². The van der Waals surface area contributed by atoms with Crippen LogP contribution in [0.4, 0.5) is 0 Å². The Kier molecular flexibility index (Phi) is 5.89. The molecule has 1 rings (SSSR count). The maximum absolute atomic E-state index is 10.9. The van der Waals surface area contributed by atoms with Crippen LogP contribution in [-0.4, -0.2) is 31.9 Å². The second-order valence-electron chi connectivity index (χ2n) is 5.29. The minimum absolute atomic E-state index is 0.140. The standard InChI is InChI=1S/C13H23BO4/c1-11-10-13(2,3)18-14(17-11)9-7-5-6-8-12(15)16-4/h7,9,11H,5-6,8,10H2,1-4H3/b9-7-. The summed E-state index contributed by atoms with van der Waals surface area (Å²) in [5, 5.41) is 0. The second kappa shape index (κ2) is 6.95. The quantitative estimate of drug-likeness (QED) is 0.429. The van der Waals surface area contributed by atoms with Crippen LogP contribution in [0.2, 0.25) is 0 Å². The number of hydrogen-bond acceptors (Lipinski definition) is 4. The van der Waals surface area contributed by atoms with E-state index >= 15 is 0 Å². The van der Waals surface area contributed by atoms with Crippen LogP contribution >= 0.6 is 0 Å². The lowest BCUT2D eigenvalue weighted by molar-refractivity contribution is -0.140. The number of allylic oxidation sites excluding steroid dienone is 1. The van der Waals surface area contributed by atoms with Gasteiger partial charge in [0.1, 0.15) is 0 Å². The zero-order valence-electron chi connectivity index (χ0n) is 11.8. The molecule has 0 N–H and O–H groups in total. The fourth-order valence-corrected chi connectivity index (χ4v) is 2.12. The third-order valence-corrected chi connectivity index (χ3v) is 2.85. The molecule has 1 aliphatic rings. The van der Waals surface area contributed by atoms with Crippen LogP contribution in [0.5, 0.6) is 0 Å². The Morgan fingerprint density at radius 1 is 1.56 bits per heavy atom. The van der Waals surface area contributed by atoms with Gasteiger partial charge in [-0.15, -0.1) is 0 Å². The SMILES string of the molecule is COC(=O)CCC/C=C\B1OC(C)CC(C)(C)O1. The Morgan fingerprint density at radius 3 is 2.89 bits per heavy atom. The van der Waals surface area contributed by atoms with Gasteiger partial charge in [-0.1, -0.05) is 12.1 Å². The molecule has 0 aromatic carbocycles. The van der Waals surface area contributed by atoms with Crippen LogP contribution in [0, 0.1) is 0 Å². The van der Waals surface area contributed by atoms with E-state index in [0.29, 0.717) is 6.42 Å². The minimum atomic E-state index is -0.276. The number of unbranched alkanes of at least 4 members (excludes halogenated alkanes) is 1. The van der Waals surface area contributed by atoms with Crippen molar-refractivity contribution in [3.8, 4) is 0 Å². The van der Waals surface area contributed by atoms with Crippen LogP contribution in [0.3, 0.4) is 0 Å². The maximum Gasteiger partial charge on any atom is 0.486 e. The van der Waals surface area contributed by atoms with Crippen molar-refractivity contribution in [2.24, 2.45) is 0 Å². The highest BCUT2D eigenvalue weighted by molar-refractivity contribution is 6.51. The van der Waals surface area contributed by atoms with Crippen molar-refractivity contribution in [3.63, 3.8) is 0 Å². The Balaban J connectivity index is 2.27. The lowest BCUT2D eigenvalue weighted by Gasteiger charge is -2.37. The first kappa shape index (κ1) is 15.3. The highest BCUT2D eigenvalue weighted by Gasteiger charge is 2.35. The fourth-order valence-electron chi connectivity index (χ4n) is 2.12. The molecule has 102 valence electrons. The highest BCUT2D eigenvalue weighted by Crippen LogP contribution is 2.26. The van der Waals surface area contributed by atoms with Crippen molar-refractivity contribution < 1.29 is 18.8 Å². The van der Waals surface area contributed by atoms with Crippen molar-refractivity contribution in [3.05, 3.63) is 12.1 Å². The summed E-state index contributed by atoms with van der Waals surface area (Å²) in [6, 6.07) is 0. The summed E-state index contributed by atoms with van der Waals surface area (Å²) in [6.07, 6.45) is 5.18. The molecule has 0 amide bonds. The van der Waals surface area contributed by atoms with Gasteiger partial charge >= 0.3 is 13.1 Å². The van der Waals surface area contributed by atoms with Crippen LogP contribution in [-0.2, 0) is 18.8 Å². The number of ether oxygens (including phenoxy) is 1. The van der Waals surface area contributed by atoms with Gasteiger partial charge in [0.2, 0.25) is 0 Å². The Morgan fingerprint density at radius 2 is 2.28 bits per heavy atom. The topological polar surface area (TPSA) is 44.8 Å². The molecule has 0 spiro atoms. The van der Waals surface area contributed by atoms with Crippen molar-refractivity contribution in [2.45, 2.75) is 58.2 Å². The molecule has 1 atom stereocenters. The molecule has 0 aromatic rings. The molecule has 1 aliphatic heterocycles. The lowest BCUT2D eigenvalue weighted by Crippen LogP contribution is -2.45. The molecule has 0 saturated carbocycles. The van der Waals surface area contributed by atoms with E-state index in [0.717, 1.165) is 19.3 Å². The molecule has 1 unspecified atom stereocenters. The maximum atomic E-state index is 10.9. The largest absolute Gasteiger partial charge is 0.486 e. The van der Waals surface area contributed by atoms with Crippen LogP contribution < -0.4 is 0 Å². The van der Waals surface area contributed by atoms with Gasteiger partial charge in [-0.05, 0) is 40.0 Å². The molecule has 0 radical (unpaired) electrons. The van der Waals surface area contributed by atoms with Gasteiger partial charge < -0.3 is 14.0 Å². The van der Waals surface area contributed by atoms with Crippen LogP contribution in [0.15, 0.2) is 12.1 Å². The van der Waals surface area contributed by atoms with Gasteiger partial charge in [0.15, 0.2) is 0 Å². The molecule has 0 bridgehead atoms. The smallest absolute Gasteiger partial charge is 0.469 e. The average molecular weight is 254 g/mol. The van der Waals surface area contributed by atoms with Crippen molar-refractivity contribution in [2.75, 3.05) is 7.11 Å². The van der Waals surface area contributed by atoms with Gasteiger partial charge in [0.05, 0.1) is 12.7 Å². The number of carbonyl (C=O) groups is 1. The molecule has 0 aromatic heterocycles. The van der Waals surface area contributed by atoms with Gasteiger partial charge in [0, 0.05) is 12.5 Å². The summed E-state index contributed by atoms with van der Waals surface area (Å²) >= 11 is 0. The average Bonchev–Trinajstić information content (AvgIpc) is 2.25. The molecule has 18 heavy (non-hydrogen) atoms. The number of esters is 1. The number of methoxy groups -OCH3 is 1. The van der Waals surface area contributed by atoms with E-state index in [1.165, 1.54) is 7.11 Å². The van der Waals surface area contributed by atoms with E-state index in [2.05, 4.69) is 25.5 Å². The van der Waals surface area contributed by atoms with Crippen molar-refractivity contribution >= 4 is 13.1 Å².